The van der Waals surface area contributed by atoms with Crippen LogP contribution in [-0.2, 0) is 9.53 Å². The second-order valence-corrected chi connectivity index (χ2v) is 3.34. The highest BCUT2D eigenvalue weighted by atomic mass is 16.5. The Labute approximate surface area is 91.8 Å². The normalized spacial score (nSPS) is 9.67. The van der Waals surface area contributed by atoms with Crippen LogP contribution in [0.5, 0.6) is 0 Å². The van der Waals surface area contributed by atoms with Crippen LogP contribution in [0.3, 0.4) is 0 Å². The van der Waals surface area contributed by atoms with Crippen molar-refractivity contribution >= 4 is 5.91 Å². The zero-order chi connectivity index (χ0) is 11.5. The van der Waals surface area contributed by atoms with Crippen molar-refractivity contribution in [2.45, 2.75) is 33.1 Å². The van der Waals surface area contributed by atoms with E-state index < -0.39 is 0 Å². The molecule has 4 heteroatoms. The van der Waals surface area contributed by atoms with Crippen LogP contribution in [0, 0.1) is 11.3 Å². The largest absolute Gasteiger partial charge is 0.381 e. The van der Waals surface area contributed by atoms with E-state index in [1.807, 2.05) is 19.9 Å². The Hall–Kier alpha value is -1.08. The van der Waals surface area contributed by atoms with Crippen LogP contribution in [0.25, 0.3) is 0 Å². The molecular weight excluding hydrogens is 192 g/mol. The number of nitriles is 1. The maximum atomic E-state index is 11.6. The van der Waals surface area contributed by atoms with Gasteiger partial charge < -0.3 is 9.64 Å². The van der Waals surface area contributed by atoms with E-state index in [0.29, 0.717) is 26.2 Å². The lowest BCUT2D eigenvalue weighted by Gasteiger charge is -2.18. The average molecular weight is 212 g/mol. The van der Waals surface area contributed by atoms with Gasteiger partial charge in [0.05, 0.1) is 19.1 Å². The summed E-state index contributed by atoms with van der Waals surface area (Å²) in [5.41, 5.74) is 0. The van der Waals surface area contributed by atoms with E-state index in [0.717, 1.165) is 12.8 Å². The van der Waals surface area contributed by atoms with Gasteiger partial charge >= 0.3 is 0 Å². The van der Waals surface area contributed by atoms with Crippen molar-refractivity contribution in [3.63, 3.8) is 0 Å². The summed E-state index contributed by atoms with van der Waals surface area (Å²) in [4.78, 5) is 13.2. The number of hydrogen-bond acceptors (Lipinski definition) is 3. The van der Waals surface area contributed by atoms with E-state index in [1.165, 1.54) is 0 Å². The fraction of sp³-hybridized carbons (Fsp3) is 0.818. The van der Waals surface area contributed by atoms with Gasteiger partial charge in [-0.3, -0.25) is 4.79 Å². The summed E-state index contributed by atoms with van der Waals surface area (Å²) in [6, 6.07) is 2.00. The van der Waals surface area contributed by atoms with Gasteiger partial charge in [-0.15, -0.1) is 0 Å². The standard InChI is InChI=1S/C11H20N2O2/c1-3-7-13(8-6-12)11(14)5-10-15-9-4-2/h3-5,7-10H2,1-2H3. The first-order chi connectivity index (χ1) is 7.26. The molecule has 4 nitrogen and oxygen atoms in total. The molecule has 1 amide bonds. The van der Waals surface area contributed by atoms with Gasteiger partial charge in [-0.2, -0.15) is 5.26 Å². The molecule has 0 unspecified atom stereocenters. The minimum atomic E-state index is 0.00880. The number of carbonyl (C=O) groups excluding carboxylic acids is 1. The van der Waals surface area contributed by atoms with Crippen LogP contribution in [-0.4, -0.2) is 37.1 Å². The highest BCUT2D eigenvalue weighted by Crippen LogP contribution is 1.97. The Morgan fingerprint density at radius 3 is 2.60 bits per heavy atom. The minimum Gasteiger partial charge on any atom is -0.381 e. The molecular formula is C11H20N2O2. The number of ether oxygens (including phenoxy) is 1. The molecule has 0 N–H and O–H groups in total. The first-order valence-corrected chi connectivity index (χ1v) is 5.48. The van der Waals surface area contributed by atoms with Gasteiger partial charge in [0.2, 0.25) is 5.91 Å². The second-order valence-electron chi connectivity index (χ2n) is 3.34. The van der Waals surface area contributed by atoms with Crippen LogP contribution in [0.1, 0.15) is 33.1 Å². The highest BCUT2D eigenvalue weighted by Gasteiger charge is 2.11. The van der Waals surface area contributed by atoms with E-state index in [1.54, 1.807) is 4.90 Å². The van der Waals surface area contributed by atoms with E-state index in [9.17, 15) is 4.79 Å². The minimum absolute atomic E-state index is 0.00880. The van der Waals surface area contributed by atoms with Gasteiger partial charge in [-0.05, 0) is 12.8 Å². The van der Waals surface area contributed by atoms with Crippen LogP contribution in [0.2, 0.25) is 0 Å². The summed E-state index contributed by atoms with van der Waals surface area (Å²) in [5.74, 6) is 0.00880. The van der Waals surface area contributed by atoms with Gasteiger partial charge in [-0.1, -0.05) is 13.8 Å². The highest BCUT2D eigenvalue weighted by molar-refractivity contribution is 5.76. The lowest BCUT2D eigenvalue weighted by molar-refractivity contribution is -0.131. The number of amides is 1. The maximum absolute atomic E-state index is 11.6. The van der Waals surface area contributed by atoms with Crippen LogP contribution in [0.4, 0.5) is 0 Å². The van der Waals surface area contributed by atoms with Gasteiger partial charge in [0, 0.05) is 13.2 Å². The zero-order valence-electron chi connectivity index (χ0n) is 9.66. The third-order valence-corrected chi connectivity index (χ3v) is 1.92. The molecule has 0 fully saturated rings. The Morgan fingerprint density at radius 2 is 2.07 bits per heavy atom. The quantitative estimate of drug-likeness (QED) is 0.453. The molecule has 0 aromatic heterocycles. The number of rotatable bonds is 8. The Balaban J connectivity index is 3.77. The smallest absolute Gasteiger partial charge is 0.225 e. The van der Waals surface area contributed by atoms with E-state index in [2.05, 4.69) is 0 Å². The van der Waals surface area contributed by atoms with E-state index >= 15 is 0 Å². The lowest BCUT2D eigenvalue weighted by atomic mass is 10.3. The summed E-state index contributed by atoms with van der Waals surface area (Å²) < 4.78 is 5.23. The summed E-state index contributed by atoms with van der Waals surface area (Å²) in [7, 11) is 0. The zero-order valence-corrected chi connectivity index (χ0v) is 9.66. The molecule has 0 saturated carbocycles. The molecule has 0 rings (SSSR count). The second kappa shape index (κ2) is 9.47. The molecule has 0 aromatic carbocycles. The molecule has 0 spiro atoms. The van der Waals surface area contributed by atoms with Crippen molar-refractivity contribution in [1.82, 2.24) is 4.90 Å². The molecule has 0 heterocycles. The van der Waals surface area contributed by atoms with Crippen molar-refractivity contribution in [1.29, 1.82) is 5.26 Å². The van der Waals surface area contributed by atoms with Crippen molar-refractivity contribution in [2.24, 2.45) is 0 Å². The number of nitrogens with zero attached hydrogens (tertiary/aromatic N) is 2. The average Bonchev–Trinajstić information content (AvgIpc) is 2.24. The fourth-order valence-electron chi connectivity index (χ4n) is 1.21. The molecule has 86 valence electrons. The third kappa shape index (κ3) is 6.92. The summed E-state index contributed by atoms with van der Waals surface area (Å²) >= 11 is 0. The van der Waals surface area contributed by atoms with Crippen LogP contribution < -0.4 is 0 Å². The molecule has 0 atom stereocenters. The molecule has 0 radical (unpaired) electrons. The van der Waals surface area contributed by atoms with Crippen molar-refractivity contribution in [3.05, 3.63) is 0 Å². The van der Waals surface area contributed by atoms with Crippen LogP contribution in [0.15, 0.2) is 0 Å². The van der Waals surface area contributed by atoms with Crippen molar-refractivity contribution in [2.75, 3.05) is 26.3 Å². The van der Waals surface area contributed by atoms with E-state index in [4.69, 9.17) is 10.00 Å². The summed E-state index contributed by atoms with van der Waals surface area (Å²) in [6.07, 6.45) is 2.22. The Kier molecular flexibility index (Phi) is 8.79. The third-order valence-electron chi connectivity index (χ3n) is 1.92. The predicted octanol–water partition coefficient (Wildman–Crippen LogP) is 1.57. The molecule has 0 saturated heterocycles. The molecule has 0 aliphatic rings. The van der Waals surface area contributed by atoms with Gasteiger partial charge in [0.15, 0.2) is 0 Å². The van der Waals surface area contributed by atoms with Crippen molar-refractivity contribution in [3.8, 4) is 6.07 Å². The maximum Gasteiger partial charge on any atom is 0.225 e. The van der Waals surface area contributed by atoms with Crippen molar-refractivity contribution < 1.29 is 9.53 Å². The first kappa shape index (κ1) is 13.9. The fourth-order valence-corrected chi connectivity index (χ4v) is 1.21. The summed E-state index contributed by atoms with van der Waals surface area (Å²) in [5, 5.41) is 8.55. The van der Waals surface area contributed by atoms with Crippen LogP contribution >= 0.6 is 0 Å². The molecule has 0 aliphatic carbocycles. The van der Waals surface area contributed by atoms with Gasteiger partial charge in [-0.25, -0.2) is 0 Å². The Bertz CT molecular complexity index is 211. The van der Waals surface area contributed by atoms with Gasteiger partial charge in [0.25, 0.3) is 0 Å². The number of hydrogen-bond donors (Lipinski definition) is 0. The lowest BCUT2D eigenvalue weighted by Crippen LogP contribution is -2.32. The Morgan fingerprint density at radius 1 is 1.33 bits per heavy atom. The SMILES string of the molecule is CCCOCCC(=O)N(CC#N)CCC. The predicted molar refractivity (Wildman–Crippen MR) is 58.2 cm³/mol. The molecule has 0 aliphatic heterocycles. The number of carbonyl (C=O) groups is 1. The summed E-state index contributed by atoms with van der Waals surface area (Å²) in [6.45, 7) is 6.00. The topological polar surface area (TPSA) is 53.3 Å². The monoisotopic (exact) mass is 212 g/mol. The molecule has 0 bridgehead atoms. The molecule has 0 aromatic rings. The van der Waals surface area contributed by atoms with E-state index in [-0.39, 0.29) is 12.5 Å². The molecule has 15 heavy (non-hydrogen) atoms. The van der Waals surface area contributed by atoms with Gasteiger partial charge in [0.1, 0.15) is 6.54 Å². The first-order valence-electron chi connectivity index (χ1n) is 5.48.